The molecule has 0 radical (unpaired) electrons. The van der Waals surface area contributed by atoms with E-state index < -0.39 is 5.60 Å². The van der Waals surface area contributed by atoms with Crippen LogP contribution in [0.25, 0.3) is 11.1 Å². The molecule has 0 spiro atoms. The summed E-state index contributed by atoms with van der Waals surface area (Å²) in [6.07, 6.45) is -0.371. The van der Waals surface area contributed by atoms with Crippen molar-refractivity contribution in [2.24, 2.45) is 0 Å². The van der Waals surface area contributed by atoms with Crippen molar-refractivity contribution in [3.8, 4) is 16.9 Å². The molecule has 0 aliphatic carbocycles. The lowest BCUT2D eigenvalue weighted by atomic mass is 9.97. The monoisotopic (exact) mass is 396 g/mol. The molecule has 0 bridgehead atoms. The maximum absolute atomic E-state index is 13.3. The van der Waals surface area contributed by atoms with Gasteiger partial charge in [0, 0.05) is 25.7 Å². The maximum Gasteiger partial charge on any atom is 0.410 e. The van der Waals surface area contributed by atoms with E-state index in [1.165, 1.54) is 6.07 Å². The third kappa shape index (κ3) is 4.70. The summed E-state index contributed by atoms with van der Waals surface area (Å²) in [4.78, 5) is 29.1. The number of benzene rings is 2. The van der Waals surface area contributed by atoms with Crippen LogP contribution in [-0.4, -0.2) is 58.2 Å². The van der Waals surface area contributed by atoms with Gasteiger partial charge in [-0.1, -0.05) is 42.5 Å². The Kier molecular flexibility index (Phi) is 5.82. The number of nitrogens with zero attached hydrogens (tertiary/aromatic N) is 2. The quantitative estimate of drug-likeness (QED) is 0.828. The number of ether oxygens (including phenoxy) is 1. The molecule has 29 heavy (non-hydrogen) atoms. The molecule has 0 aromatic heterocycles. The zero-order chi connectivity index (χ0) is 21.2. The van der Waals surface area contributed by atoms with E-state index >= 15 is 0 Å². The summed E-state index contributed by atoms with van der Waals surface area (Å²) in [6.45, 7) is 8.53. The van der Waals surface area contributed by atoms with E-state index in [1.54, 1.807) is 15.9 Å². The molecule has 1 aliphatic heterocycles. The van der Waals surface area contributed by atoms with Gasteiger partial charge in [0.25, 0.3) is 5.91 Å². The Labute approximate surface area is 171 Å². The van der Waals surface area contributed by atoms with Crippen LogP contribution in [0.1, 0.15) is 38.1 Å². The zero-order valence-electron chi connectivity index (χ0n) is 17.4. The minimum atomic E-state index is -0.565. The van der Waals surface area contributed by atoms with Crippen LogP contribution in [0, 0.1) is 0 Å². The molecule has 6 heteroatoms. The SMILES string of the molecule is C[C@H]1CN(C(=O)c2c(O)cccc2-c2ccccc2)CCN1C(=O)OC(C)(C)C. The van der Waals surface area contributed by atoms with Crippen molar-refractivity contribution >= 4 is 12.0 Å². The molecule has 6 nitrogen and oxygen atoms in total. The van der Waals surface area contributed by atoms with Crippen LogP contribution < -0.4 is 0 Å². The molecule has 2 amide bonds. The number of phenolic OH excluding ortho intramolecular Hbond substituents is 1. The average Bonchev–Trinajstić information content (AvgIpc) is 2.66. The molecule has 1 saturated heterocycles. The lowest BCUT2D eigenvalue weighted by Crippen LogP contribution is -2.56. The predicted octanol–water partition coefficient (Wildman–Crippen LogP) is 4.14. The first kappa shape index (κ1) is 20.7. The molecular formula is C23H28N2O4. The van der Waals surface area contributed by atoms with Gasteiger partial charge in [-0.2, -0.15) is 0 Å². The van der Waals surface area contributed by atoms with Crippen LogP contribution in [0.3, 0.4) is 0 Å². The minimum absolute atomic E-state index is 0.0430. The first-order valence-corrected chi connectivity index (χ1v) is 9.83. The highest BCUT2D eigenvalue weighted by Gasteiger charge is 2.34. The molecule has 1 fully saturated rings. The van der Waals surface area contributed by atoms with Gasteiger partial charge in [0.1, 0.15) is 11.4 Å². The first-order valence-electron chi connectivity index (χ1n) is 9.83. The highest BCUT2D eigenvalue weighted by atomic mass is 16.6. The van der Waals surface area contributed by atoms with E-state index in [1.807, 2.05) is 64.1 Å². The van der Waals surface area contributed by atoms with E-state index in [0.717, 1.165) is 5.56 Å². The number of rotatable bonds is 2. The smallest absolute Gasteiger partial charge is 0.410 e. The van der Waals surface area contributed by atoms with Gasteiger partial charge in [-0.25, -0.2) is 4.79 Å². The Morgan fingerprint density at radius 2 is 1.72 bits per heavy atom. The van der Waals surface area contributed by atoms with E-state index in [0.29, 0.717) is 25.2 Å². The third-order valence-electron chi connectivity index (χ3n) is 4.88. The Bertz CT molecular complexity index is 889. The summed E-state index contributed by atoms with van der Waals surface area (Å²) in [6, 6.07) is 14.4. The van der Waals surface area contributed by atoms with Gasteiger partial charge >= 0.3 is 6.09 Å². The van der Waals surface area contributed by atoms with E-state index in [9.17, 15) is 14.7 Å². The van der Waals surface area contributed by atoms with Crippen molar-refractivity contribution in [3.63, 3.8) is 0 Å². The second-order valence-corrected chi connectivity index (χ2v) is 8.34. The van der Waals surface area contributed by atoms with Gasteiger partial charge in [0.15, 0.2) is 0 Å². The topological polar surface area (TPSA) is 70.1 Å². The summed E-state index contributed by atoms with van der Waals surface area (Å²) < 4.78 is 5.47. The van der Waals surface area contributed by atoms with Crippen molar-refractivity contribution in [1.82, 2.24) is 9.80 Å². The molecule has 2 aromatic rings. The molecule has 1 atom stereocenters. The van der Waals surface area contributed by atoms with E-state index in [2.05, 4.69) is 0 Å². The lowest BCUT2D eigenvalue weighted by molar-refractivity contribution is 0.00194. The Morgan fingerprint density at radius 3 is 2.34 bits per heavy atom. The number of aromatic hydroxyl groups is 1. The molecule has 3 rings (SSSR count). The molecule has 2 aromatic carbocycles. The second kappa shape index (κ2) is 8.15. The fourth-order valence-electron chi connectivity index (χ4n) is 3.52. The molecule has 154 valence electrons. The molecule has 1 heterocycles. The molecule has 1 N–H and O–H groups in total. The number of piperazine rings is 1. The van der Waals surface area contributed by atoms with Gasteiger partial charge in [-0.05, 0) is 44.9 Å². The number of amides is 2. The van der Waals surface area contributed by atoms with Crippen LogP contribution in [0.2, 0.25) is 0 Å². The van der Waals surface area contributed by atoms with Crippen molar-refractivity contribution in [1.29, 1.82) is 0 Å². The van der Waals surface area contributed by atoms with Crippen molar-refractivity contribution < 1.29 is 19.4 Å². The van der Waals surface area contributed by atoms with Gasteiger partial charge in [-0.3, -0.25) is 4.79 Å². The number of hydrogen-bond acceptors (Lipinski definition) is 4. The highest BCUT2D eigenvalue weighted by Crippen LogP contribution is 2.31. The summed E-state index contributed by atoms with van der Waals surface area (Å²) >= 11 is 0. The van der Waals surface area contributed by atoms with Crippen LogP contribution in [0.5, 0.6) is 5.75 Å². The van der Waals surface area contributed by atoms with Crippen molar-refractivity contribution in [2.75, 3.05) is 19.6 Å². The van der Waals surface area contributed by atoms with Gasteiger partial charge in [0.05, 0.1) is 5.56 Å². The number of hydrogen-bond donors (Lipinski definition) is 1. The first-order chi connectivity index (χ1) is 13.7. The largest absolute Gasteiger partial charge is 0.507 e. The van der Waals surface area contributed by atoms with E-state index in [4.69, 9.17) is 4.74 Å². The van der Waals surface area contributed by atoms with Crippen molar-refractivity contribution in [3.05, 3.63) is 54.1 Å². The summed E-state index contributed by atoms with van der Waals surface area (Å²) in [5.74, 6) is -0.281. The van der Waals surface area contributed by atoms with Gasteiger partial charge in [-0.15, -0.1) is 0 Å². The highest BCUT2D eigenvalue weighted by molar-refractivity contribution is 6.03. The maximum atomic E-state index is 13.3. The van der Waals surface area contributed by atoms with E-state index in [-0.39, 0.29) is 29.4 Å². The van der Waals surface area contributed by atoms with Gasteiger partial charge < -0.3 is 19.6 Å². The molecule has 0 saturated carbocycles. The fourth-order valence-corrected chi connectivity index (χ4v) is 3.52. The minimum Gasteiger partial charge on any atom is -0.507 e. The normalized spacial score (nSPS) is 17.2. The standard InChI is InChI=1S/C23H28N2O4/c1-16-15-24(13-14-25(16)22(28)29-23(2,3)4)21(27)20-18(11-8-12-19(20)26)17-9-6-5-7-10-17/h5-12,16,26H,13-15H2,1-4H3/t16-/m0/s1. The third-order valence-corrected chi connectivity index (χ3v) is 4.88. The summed E-state index contributed by atoms with van der Waals surface area (Å²) in [7, 11) is 0. The molecule has 0 unspecified atom stereocenters. The fraction of sp³-hybridized carbons (Fsp3) is 0.391. The zero-order valence-corrected chi connectivity index (χ0v) is 17.4. The van der Waals surface area contributed by atoms with Crippen LogP contribution in [0.15, 0.2) is 48.5 Å². The Morgan fingerprint density at radius 1 is 1.03 bits per heavy atom. The lowest BCUT2D eigenvalue weighted by Gasteiger charge is -2.40. The van der Waals surface area contributed by atoms with Crippen molar-refractivity contribution in [2.45, 2.75) is 39.3 Å². The van der Waals surface area contributed by atoms with Gasteiger partial charge in [0.2, 0.25) is 0 Å². The number of carbonyl (C=O) groups excluding carboxylic acids is 2. The average molecular weight is 396 g/mol. The van der Waals surface area contributed by atoms with Crippen LogP contribution >= 0.6 is 0 Å². The summed E-state index contributed by atoms with van der Waals surface area (Å²) in [5, 5.41) is 10.5. The number of carbonyl (C=O) groups is 2. The van der Waals surface area contributed by atoms with Crippen LogP contribution in [-0.2, 0) is 4.74 Å². The number of phenols is 1. The Balaban J connectivity index is 1.80. The molecular weight excluding hydrogens is 368 g/mol. The summed E-state index contributed by atoms with van der Waals surface area (Å²) in [5.41, 5.74) is 1.28. The predicted molar refractivity (Wildman–Crippen MR) is 112 cm³/mol. The Hall–Kier alpha value is -3.02. The van der Waals surface area contributed by atoms with Crippen LogP contribution in [0.4, 0.5) is 4.79 Å². The molecule has 1 aliphatic rings. The second-order valence-electron chi connectivity index (χ2n) is 8.34.